The molecule has 0 fully saturated rings. The molecule has 2 aromatic heterocycles. The molecule has 32 heavy (non-hydrogen) atoms. The maximum atomic E-state index is 13.3. The molecule has 0 unspecified atom stereocenters. The Hall–Kier alpha value is -3.10. The standard InChI is InChI=1S/C24H23N3O3S2/c1-3-18-9-12-21-22(14-18)31-24(26-21)27(15-19-6-4-5-13-25-19)23(28)16-32(29,30)20-10-7-17(2)8-11-20/h4-14H,3,15-16H2,1-2H3. The lowest BCUT2D eigenvalue weighted by atomic mass is 10.2. The summed E-state index contributed by atoms with van der Waals surface area (Å²) in [6, 6.07) is 17.9. The fourth-order valence-electron chi connectivity index (χ4n) is 3.28. The molecule has 0 radical (unpaired) electrons. The SMILES string of the molecule is CCc1ccc2nc(N(Cc3ccccn3)C(=O)CS(=O)(=O)c3ccc(C)cc3)sc2c1. The third kappa shape index (κ3) is 4.87. The minimum atomic E-state index is -3.80. The summed E-state index contributed by atoms with van der Waals surface area (Å²) in [5, 5.41) is 0.461. The molecule has 4 rings (SSSR count). The Morgan fingerprint density at radius 1 is 1.06 bits per heavy atom. The summed E-state index contributed by atoms with van der Waals surface area (Å²) >= 11 is 1.38. The summed E-state index contributed by atoms with van der Waals surface area (Å²) in [6.45, 7) is 4.10. The van der Waals surface area contributed by atoms with Gasteiger partial charge in [0.1, 0.15) is 5.75 Å². The van der Waals surface area contributed by atoms with Gasteiger partial charge in [0, 0.05) is 6.20 Å². The quantitative estimate of drug-likeness (QED) is 0.399. The molecule has 4 aromatic rings. The zero-order chi connectivity index (χ0) is 22.7. The summed E-state index contributed by atoms with van der Waals surface area (Å²) in [5.74, 6) is -1.18. The number of carbonyl (C=O) groups is 1. The highest BCUT2D eigenvalue weighted by atomic mass is 32.2. The Morgan fingerprint density at radius 3 is 2.53 bits per heavy atom. The second kappa shape index (κ2) is 9.18. The van der Waals surface area contributed by atoms with Crippen molar-refractivity contribution in [3.8, 4) is 0 Å². The average Bonchev–Trinajstić information content (AvgIpc) is 3.21. The van der Waals surface area contributed by atoms with Crippen molar-refractivity contribution in [2.75, 3.05) is 10.7 Å². The average molecular weight is 466 g/mol. The summed E-state index contributed by atoms with van der Waals surface area (Å²) in [7, 11) is -3.80. The molecule has 164 valence electrons. The van der Waals surface area contributed by atoms with Crippen LogP contribution in [0.5, 0.6) is 0 Å². The number of rotatable bonds is 7. The number of aromatic nitrogens is 2. The number of fused-ring (bicyclic) bond motifs is 1. The molecule has 0 atom stereocenters. The van der Waals surface area contributed by atoms with Gasteiger partial charge in [0.15, 0.2) is 15.0 Å². The van der Waals surface area contributed by atoms with Crippen LogP contribution < -0.4 is 4.90 Å². The fourth-order valence-corrected chi connectivity index (χ4v) is 5.52. The van der Waals surface area contributed by atoms with E-state index < -0.39 is 21.5 Å². The van der Waals surface area contributed by atoms with Crippen molar-refractivity contribution in [2.45, 2.75) is 31.7 Å². The highest BCUT2D eigenvalue weighted by molar-refractivity contribution is 7.92. The lowest BCUT2D eigenvalue weighted by molar-refractivity contribution is -0.116. The number of pyridine rings is 1. The molecule has 0 aliphatic carbocycles. The van der Waals surface area contributed by atoms with Crippen LogP contribution in [0.3, 0.4) is 0 Å². The first-order chi connectivity index (χ1) is 15.4. The molecule has 0 bridgehead atoms. The van der Waals surface area contributed by atoms with Gasteiger partial charge in [-0.25, -0.2) is 13.4 Å². The summed E-state index contributed by atoms with van der Waals surface area (Å²) in [6.07, 6.45) is 2.54. The van der Waals surface area contributed by atoms with E-state index in [2.05, 4.69) is 23.0 Å². The lowest BCUT2D eigenvalue weighted by Crippen LogP contribution is -2.35. The minimum absolute atomic E-state index is 0.131. The van der Waals surface area contributed by atoms with E-state index in [0.29, 0.717) is 10.8 Å². The van der Waals surface area contributed by atoms with Crippen molar-refractivity contribution < 1.29 is 13.2 Å². The van der Waals surface area contributed by atoms with Crippen LogP contribution >= 0.6 is 11.3 Å². The maximum Gasteiger partial charge on any atom is 0.244 e. The molecule has 2 heterocycles. The highest BCUT2D eigenvalue weighted by Crippen LogP contribution is 2.31. The van der Waals surface area contributed by atoms with Crippen LogP contribution in [0.4, 0.5) is 5.13 Å². The van der Waals surface area contributed by atoms with Gasteiger partial charge in [0.2, 0.25) is 5.91 Å². The number of aryl methyl sites for hydroxylation is 2. The monoisotopic (exact) mass is 465 g/mol. The number of hydrogen-bond acceptors (Lipinski definition) is 6. The van der Waals surface area contributed by atoms with Gasteiger partial charge in [-0.15, -0.1) is 0 Å². The maximum absolute atomic E-state index is 13.3. The van der Waals surface area contributed by atoms with Gasteiger partial charge >= 0.3 is 0 Å². The largest absolute Gasteiger partial charge is 0.281 e. The topological polar surface area (TPSA) is 80.2 Å². The third-order valence-corrected chi connectivity index (χ3v) is 7.78. The van der Waals surface area contributed by atoms with E-state index in [4.69, 9.17) is 0 Å². The third-order valence-electron chi connectivity index (χ3n) is 5.12. The van der Waals surface area contributed by atoms with Crippen LogP contribution in [0.2, 0.25) is 0 Å². The van der Waals surface area contributed by atoms with E-state index in [-0.39, 0.29) is 11.4 Å². The van der Waals surface area contributed by atoms with Gasteiger partial charge in [-0.05, 0) is 55.3 Å². The van der Waals surface area contributed by atoms with Gasteiger partial charge in [0.25, 0.3) is 0 Å². The molecule has 0 saturated carbocycles. The van der Waals surface area contributed by atoms with Gasteiger partial charge in [-0.1, -0.05) is 48.1 Å². The predicted molar refractivity (Wildman–Crippen MR) is 128 cm³/mol. The number of benzene rings is 2. The van der Waals surface area contributed by atoms with Gasteiger partial charge in [-0.3, -0.25) is 14.7 Å². The zero-order valence-electron chi connectivity index (χ0n) is 17.9. The molecule has 0 aliphatic heterocycles. The van der Waals surface area contributed by atoms with Crippen molar-refractivity contribution in [1.82, 2.24) is 9.97 Å². The molecular formula is C24H23N3O3S2. The molecule has 1 amide bonds. The Labute approximate surface area is 191 Å². The number of nitrogens with zero attached hydrogens (tertiary/aromatic N) is 3. The van der Waals surface area contributed by atoms with Crippen molar-refractivity contribution in [2.24, 2.45) is 0 Å². The van der Waals surface area contributed by atoms with Crippen LogP contribution in [0.1, 0.15) is 23.7 Å². The van der Waals surface area contributed by atoms with Crippen LogP contribution in [0.25, 0.3) is 10.2 Å². The summed E-state index contributed by atoms with van der Waals surface area (Å²) < 4.78 is 26.8. The Morgan fingerprint density at radius 2 is 1.84 bits per heavy atom. The van der Waals surface area contributed by atoms with E-state index in [1.165, 1.54) is 33.9 Å². The van der Waals surface area contributed by atoms with E-state index in [1.807, 2.05) is 25.1 Å². The number of carbonyl (C=O) groups excluding carboxylic acids is 1. The summed E-state index contributed by atoms with van der Waals surface area (Å²) in [5.41, 5.74) is 3.56. The van der Waals surface area contributed by atoms with Gasteiger partial charge in [-0.2, -0.15) is 0 Å². The molecular weight excluding hydrogens is 442 g/mol. The van der Waals surface area contributed by atoms with Crippen LogP contribution in [-0.4, -0.2) is 30.0 Å². The zero-order valence-corrected chi connectivity index (χ0v) is 19.5. The Kier molecular flexibility index (Phi) is 6.34. The number of thiazole rings is 1. The lowest BCUT2D eigenvalue weighted by Gasteiger charge is -2.19. The first-order valence-corrected chi connectivity index (χ1v) is 12.7. The Balaban J connectivity index is 1.69. The molecule has 0 saturated heterocycles. The summed E-state index contributed by atoms with van der Waals surface area (Å²) in [4.78, 5) is 23.8. The van der Waals surface area contributed by atoms with Crippen LogP contribution in [0, 0.1) is 6.92 Å². The number of amides is 1. The fraction of sp³-hybridized carbons (Fsp3) is 0.208. The number of hydrogen-bond donors (Lipinski definition) is 0. The van der Waals surface area contributed by atoms with Crippen molar-refractivity contribution in [3.05, 3.63) is 83.7 Å². The van der Waals surface area contributed by atoms with Crippen LogP contribution in [0.15, 0.2) is 71.8 Å². The molecule has 2 aromatic carbocycles. The van der Waals surface area contributed by atoms with Crippen LogP contribution in [-0.2, 0) is 27.6 Å². The van der Waals surface area contributed by atoms with E-state index >= 15 is 0 Å². The number of anilines is 1. The second-order valence-corrected chi connectivity index (χ2v) is 10.5. The number of sulfone groups is 1. The van der Waals surface area contributed by atoms with Crippen molar-refractivity contribution >= 4 is 42.4 Å². The van der Waals surface area contributed by atoms with Crippen molar-refractivity contribution in [3.63, 3.8) is 0 Å². The second-order valence-electron chi connectivity index (χ2n) is 7.53. The van der Waals surface area contributed by atoms with E-state index in [9.17, 15) is 13.2 Å². The molecule has 6 nitrogen and oxygen atoms in total. The van der Waals surface area contributed by atoms with Crippen molar-refractivity contribution in [1.29, 1.82) is 0 Å². The normalized spacial score (nSPS) is 11.6. The van der Waals surface area contributed by atoms with Gasteiger partial charge in [0.05, 0.1) is 27.4 Å². The Bertz CT molecular complexity index is 1350. The molecule has 0 N–H and O–H groups in total. The highest BCUT2D eigenvalue weighted by Gasteiger charge is 2.27. The van der Waals surface area contributed by atoms with E-state index in [1.54, 1.807) is 30.5 Å². The molecule has 0 spiro atoms. The first kappa shape index (κ1) is 22.1. The predicted octanol–water partition coefficient (Wildman–Crippen LogP) is 4.57. The molecule has 0 aliphatic rings. The smallest absolute Gasteiger partial charge is 0.244 e. The first-order valence-electron chi connectivity index (χ1n) is 10.2. The van der Waals surface area contributed by atoms with Gasteiger partial charge < -0.3 is 0 Å². The minimum Gasteiger partial charge on any atom is -0.281 e. The molecule has 8 heteroatoms. The van der Waals surface area contributed by atoms with E-state index in [0.717, 1.165) is 22.2 Å².